The lowest BCUT2D eigenvalue weighted by Crippen LogP contribution is -2.33. The summed E-state index contributed by atoms with van der Waals surface area (Å²) in [6.45, 7) is 10.6. The second-order valence-corrected chi connectivity index (χ2v) is 5.86. The van der Waals surface area contributed by atoms with Crippen LogP contribution in [-0.2, 0) is 9.59 Å². The molecule has 3 heteroatoms. The number of rotatable bonds is 3. The van der Waals surface area contributed by atoms with Crippen molar-refractivity contribution in [3.05, 3.63) is 22.3 Å². The van der Waals surface area contributed by atoms with Crippen LogP contribution in [0.1, 0.15) is 48.0 Å². The van der Waals surface area contributed by atoms with Gasteiger partial charge in [0.15, 0.2) is 5.78 Å². The van der Waals surface area contributed by atoms with Gasteiger partial charge in [-0.3, -0.25) is 9.59 Å². The number of carbonyl (C=O) groups is 2. The van der Waals surface area contributed by atoms with Crippen molar-refractivity contribution < 1.29 is 14.7 Å². The number of ketones is 2. The molecule has 1 unspecified atom stereocenters. The average Bonchev–Trinajstić information content (AvgIpc) is 2.21. The van der Waals surface area contributed by atoms with Crippen molar-refractivity contribution in [1.29, 1.82) is 0 Å². The van der Waals surface area contributed by atoms with Crippen molar-refractivity contribution in [3.8, 4) is 0 Å². The van der Waals surface area contributed by atoms with E-state index >= 15 is 0 Å². The molecule has 0 aromatic heterocycles. The first-order valence-electron chi connectivity index (χ1n) is 6.20. The Morgan fingerprint density at radius 2 is 1.72 bits per heavy atom. The molecule has 0 saturated heterocycles. The first-order chi connectivity index (χ1) is 8.09. The number of aliphatic hydroxyl groups is 1. The molecule has 1 atom stereocenters. The maximum Gasteiger partial charge on any atom is 0.185 e. The number of Topliss-reactive ketones (excluding diaryl/α,β-unsaturated/α-hetero) is 2. The lowest BCUT2D eigenvalue weighted by Gasteiger charge is -2.33. The van der Waals surface area contributed by atoms with Crippen LogP contribution in [0, 0.1) is 5.41 Å². The van der Waals surface area contributed by atoms with E-state index in [-0.39, 0.29) is 11.6 Å². The largest absolute Gasteiger partial charge is 0.384 e. The lowest BCUT2D eigenvalue weighted by atomic mass is 9.70. The van der Waals surface area contributed by atoms with Crippen molar-refractivity contribution >= 4 is 11.6 Å². The third-order valence-corrected chi connectivity index (χ3v) is 3.74. The van der Waals surface area contributed by atoms with Crippen LogP contribution in [0.3, 0.4) is 0 Å². The molecule has 0 radical (unpaired) electrons. The van der Waals surface area contributed by atoms with Crippen molar-refractivity contribution in [1.82, 2.24) is 0 Å². The Hall–Kier alpha value is -1.22. The molecule has 0 spiro atoms. The van der Waals surface area contributed by atoms with Crippen LogP contribution in [0.4, 0.5) is 0 Å². The highest BCUT2D eigenvalue weighted by Gasteiger charge is 2.37. The van der Waals surface area contributed by atoms with Crippen LogP contribution in [0.2, 0.25) is 0 Å². The molecular weight excluding hydrogens is 228 g/mol. The molecular formula is C15H22O3. The van der Waals surface area contributed by atoms with Gasteiger partial charge in [-0.25, -0.2) is 0 Å². The van der Waals surface area contributed by atoms with E-state index in [1.165, 1.54) is 6.92 Å². The second kappa shape index (κ2) is 4.81. The summed E-state index contributed by atoms with van der Waals surface area (Å²) >= 11 is 0. The van der Waals surface area contributed by atoms with Gasteiger partial charge in [-0.15, -0.1) is 0 Å². The first-order valence-corrected chi connectivity index (χ1v) is 6.20. The molecule has 18 heavy (non-hydrogen) atoms. The zero-order valence-electron chi connectivity index (χ0n) is 12.0. The summed E-state index contributed by atoms with van der Waals surface area (Å²) in [5, 5.41) is 10.1. The van der Waals surface area contributed by atoms with Gasteiger partial charge in [0.2, 0.25) is 0 Å². The molecule has 1 aliphatic carbocycles. The second-order valence-electron chi connectivity index (χ2n) is 5.86. The smallest absolute Gasteiger partial charge is 0.185 e. The Morgan fingerprint density at radius 3 is 2.17 bits per heavy atom. The number of allylic oxidation sites excluding steroid dienone is 2. The van der Waals surface area contributed by atoms with Crippen LogP contribution in [-0.4, -0.2) is 22.8 Å². The van der Waals surface area contributed by atoms with Crippen LogP contribution in [0.25, 0.3) is 0 Å². The maximum atomic E-state index is 12.4. The molecule has 0 amide bonds. The number of hydrogen-bond acceptors (Lipinski definition) is 3. The molecule has 0 fully saturated rings. The number of aliphatic hydroxyl groups excluding tert-OH is 1. The minimum Gasteiger partial charge on any atom is -0.384 e. The average molecular weight is 250 g/mol. The summed E-state index contributed by atoms with van der Waals surface area (Å²) in [7, 11) is 0. The summed E-state index contributed by atoms with van der Waals surface area (Å²) in [5.74, 6) is 0.00747. The molecule has 3 nitrogen and oxygen atoms in total. The quantitative estimate of drug-likeness (QED) is 0.837. The minimum atomic E-state index is -0.705. The Balaban J connectivity index is 3.31. The van der Waals surface area contributed by atoms with Gasteiger partial charge in [0.1, 0.15) is 5.78 Å². The highest BCUT2D eigenvalue weighted by atomic mass is 16.3. The Morgan fingerprint density at radius 1 is 1.22 bits per heavy atom. The van der Waals surface area contributed by atoms with Gasteiger partial charge in [0, 0.05) is 17.4 Å². The van der Waals surface area contributed by atoms with Gasteiger partial charge in [0.25, 0.3) is 0 Å². The Labute approximate surface area is 109 Å². The Bertz CT molecular complexity index is 464. The van der Waals surface area contributed by atoms with Gasteiger partial charge in [-0.2, -0.15) is 0 Å². The number of hydrogen-bond donors (Lipinski definition) is 1. The molecule has 1 N–H and O–H groups in total. The van der Waals surface area contributed by atoms with E-state index in [4.69, 9.17) is 0 Å². The van der Waals surface area contributed by atoms with Crippen LogP contribution in [0.15, 0.2) is 22.3 Å². The van der Waals surface area contributed by atoms with Crippen LogP contribution >= 0.6 is 0 Å². The normalized spacial score (nSPS) is 21.7. The summed E-state index contributed by atoms with van der Waals surface area (Å²) in [6.07, 6.45) is -0.395. The van der Waals surface area contributed by atoms with Gasteiger partial charge in [-0.05, 0) is 44.4 Å². The van der Waals surface area contributed by atoms with E-state index < -0.39 is 11.5 Å². The molecule has 0 aliphatic heterocycles. The summed E-state index contributed by atoms with van der Waals surface area (Å²) in [5.41, 5.74) is 2.04. The van der Waals surface area contributed by atoms with E-state index in [2.05, 4.69) is 0 Å². The molecule has 0 saturated carbocycles. The molecule has 0 heterocycles. The fourth-order valence-electron chi connectivity index (χ4n) is 2.76. The van der Waals surface area contributed by atoms with Crippen LogP contribution < -0.4 is 0 Å². The molecule has 1 rings (SSSR count). The molecule has 100 valence electrons. The van der Waals surface area contributed by atoms with E-state index in [1.807, 2.05) is 13.8 Å². The zero-order chi connectivity index (χ0) is 14.2. The SMILES string of the molecule is CC(=O)CC(C)(C)C1=C(C)C(O)C(C)=C(C)C1=O. The number of carbonyl (C=O) groups excluding carboxylic acids is 2. The zero-order valence-corrected chi connectivity index (χ0v) is 12.0. The van der Waals surface area contributed by atoms with Crippen molar-refractivity contribution in [3.63, 3.8) is 0 Å². The fourth-order valence-corrected chi connectivity index (χ4v) is 2.76. The molecule has 0 bridgehead atoms. The molecule has 0 aromatic rings. The minimum absolute atomic E-state index is 0.0402. The summed E-state index contributed by atoms with van der Waals surface area (Å²) in [4.78, 5) is 23.7. The predicted octanol–water partition coefficient (Wildman–Crippen LogP) is 2.59. The highest BCUT2D eigenvalue weighted by molar-refractivity contribution is 6.11. The van der Waals surface area contributed by atoms with Crippen LogP contribution in [0.5, 0.6) is 0 Å². The third kappa shape index (κ3) is 2.46. The van der Waals surface area contributed by atoms with Gasteiger partial charge < -0.3 is 5.11 Å². The monoisotopic (exact) mass is 250 g/mol. The van der Waals surface area contributed by atoms with E-state index in [0.717, 1.165) is 0 Å². The lowest BCUT2D eigenvalue weighted by molar-refractivity contribution is -0.118. The standard InChI is InChI=1S/C15H22O3/c1-8(16)7-15(5,6)12-11(4)13(17)9(2)10(3)14(12)18/h13,17H,7H2,1-6H3. The highest BCUT2D eigenvalue weighted by Crippen LogP contribution is 2.40. The van der Waals surface area contributed by atoms with Crippen molar-refractivity contribution in [2.24, 2.45) is 5.41 Å². The van der Waals surface area contributed by atoms with Crippen molar-refractivity contribution in [2.75, 3.05) is 0 Å². The van der Waals surface area contributed by atoms with Crippen molar-refractivity contribution in [2.45, 2.75) is 54.1 Å². The van der Waals surface area contributed by atoms with E-state index in [9.17, 15) is 14.7 Å². The van der Waals surface area contributed by atoms with Gasteiger partial charge in [-0.1, -0.05) is 13.8 Å². The fraction of sp³-hybridized carbons (Fsp3) is 0.600. The maximum absolute atomic E-state index is 12.4. The predicted molar refractivity (Wildman–Crippen MR) is 71.2 cm³/mol. The van der Waals surface area contributed by atoms with Gasteiger partial charge in [0.05, 0.1) is 6.10 Å². The summed E-state index contributed by atoms with van der Waals surface area (Å²) in [6, 6.07) is 0. The van der Waals surface area contributed by atoms with E-state index in [1.54, 1.807) is 20.8 Å². The Kier molecular flexibility index (Phi) is 3.96. The topological polar surface area (TPSA) is 54.4 Å². The molecule has 1 aliphatic rings. The third-order valence-electron chi connectivity index (χ3n) is 3.74. The molecule has 0 aromatic carbocycles. The first kappa shape index (κ1) is 14.8. The van der Waals surface area contributed by atoms with Gasteiger partial charge >= 0.3 is 0 Å². The van der Waals surface area contributed by atoms with E-state index in [0.29, 0.717) is 28.7 Å². The summed E-state index contributed by atoms with van der Waals surface area (Å²) < 4.78 is 0.